The molecule has 0 bridgehead atoms. The van der Waals surface area contributed by atoms with Gasteiger partial charge >= 0.3 is 0 Å². The first-order valence-electron chi connectivity index (χ1n) is 14.5. The summed E-state index contributed by atoms with van der Waals surface area (Å²) in [6.07, 6.45) is 3.64. The molecule has 0 saturated heterocycles. The number of benzene rings is 5. The number of fused-ring (bicyclic) bond motifs is 3. The Balaban J connectivity index is 1.36. The van der Waals surface area contributed by atoms with E-state index in [0.29, 0.717) is 17.5 Å². The van der Waals surface area contributed by atoms with Crippen LogP contribution < -0.4 is 0 Å². The Morgan fingerprint density at radius 2 is 0.886 bits per heavy atom. The maximum absolute atomic E-state index is 5.11. The summed E-state index contributed by atoms with van der Waals surface area (Å²) in [5.41, 5.74) is 7.72. The Labute approximate surface area is 254 Å². The Morgan fingerprint density at radius 3 is 1.59 bits per heavy atom. The van der Waals surface area contributed by atoms with Crippen LogP contribution in [0.25, 0.3) is 78.2 Å². The fourth-order valence-electron chi connectivity index (χ4n) is 5.65. The number of aromatic nitrogens is 5. The molecule has 0 aliphatic carbocycles. The smallest absolute Gasteiger partial charge is 0.183 e. The summed E-state index contributed by atoms with van der Waals surface area (Å²) < 4.78 is 0. The largest absolute Gasteiger partial charge is 0.264 e. The number of nitrogens with zero attached hydrogens (tertiary/aromatic N) is 5. The molecule has 5 heteroatoms. The SMILES string of the molecule is c1ccc(-c2cccc(-c3nc(-c4cccc(-c5cccnc5)c4)nc(-c4nc5ccccc5c5ccccc45)n3)c2)cc1. The lowest BCUT2D eigenvalue weighted by Gasteiger charge is -2.12. The average Bonchev–Trinajstić information content (AvgIpc) is 3.12. The summed E-state index contributed by atoms with van der Waals surface area (Å²) in [6, 6.07) is 47.4. The molecule has 0 fully saturated rings. The average molecular weight is 564 g/mol. The summed E-state index contributed by atoms with van der Waals surface area (Å²) in [7, 11) is 0. The van der Waals surface area contributed by atoms with Crippen molar-refractivity contribution in [3.63, 3.8) is 0 Å². The third-order valence-corrected chi connectivity index (χ3v) is 7.80. The van der Waals surface area contributed by atoms with E-state index in [2.05, 4.69) is 71.7 Å². The van der Waals surface area contributed by atoms with Crippen LogP contribution in [-0.4, -0.2) is 24.9 Å². The minimum absolute atomic E-state index is 0.531. The van der Waals surface area contributed by atoms with Crippen molar-refractivity contribution in [3.05, 3.63) is 152 Å². The molecule has 0 saturated carbocycles. The Kier molecular flexibility index (Phi) is 6.39. The topological polar surface area (TPSA) is 64.5 Å². The molecular formula is C39H25N5. The molecule has 44 heavy (non-hydrogen) atoms. The molecule has 0 aliphatic rings. The van der Waals surface area contributed by atoms with Crippen molar-refractivity contribution in [3.8, 4) is 56.5 Å². The van der Waals surface area contributed by atoms with Crippen LogP contribution in [0.15, 0.2) is 152 Å². The van der Waals surface area contributed by atoms with Crippen LogP contribution >= 0.6 is 0 Å². The van der Waals surface area contributed by atoms with Crippen LogP contribution in [0, 0.1) is 0 Å². The molecule has 5 nitrogen and oxygen atoms in total. The van der Waals surface area contributed by atoms with Gasteiger partial charge in [-0.05, 0) is 46.3 Å². The molecule has 206 valence electrons. The lowest BCUT2D eigenvalue weighted by molar-refractivity contribution is 1.07. The molecule has 0 aliphatic heterocycles. The van der Waals surface area contributed by atoms with Crippen LogP contribution in [0.5, 0.6) is 0 Å². The molecule has 0 unspecified atom stereocenters. The second-order valence-electron chi connectivity index (χ2n) is 10.6. The van der Waals surface area contributed by atoms with Gasteiger partial charge in [0.15, 0.2) is 17.5 Å². The van der Waals surface area contributed by atoms with E-state index in [-0.39, 0.29) is 0 Å². The number of para-hydroxylation sites is 1. The van der Waals surface area contributed by atoms with Gasteiger partial charge in [-0.15, -0.1) is 0 Å². The first kappa shape index (κ1) is 25.6. The van der Waals surface area contributed by atoms with Crippen LogP contribution in [-0.2, 0) is 0 Å². The molecule has 8 rings (SSSR count). The monoisotopic (exact) mass is 563 g/mol. The number of hydrogen-bond acceptors (Lipinski definition) is 5. The summed E-state index contributed by atoms with van der Waals surface area (Å²) >= 11 is 0. The van der Waals surface area contributed by atoms with Crippen molar-refractivity contribution in [2.75, 3.05) is 0 Å². The van der Waals surface area contributed by atoms with Gasteiger partial charge in [0.1, 0.15) is 5.69 Å². The van der Waals surface area contributed by atoms with E-state index >= 15 is 0 Å². The summed E-state index contributed by atoms with van der Waals surface area (Å²) in [6.45, 7) is 0. The normalized spacial score (nSPS) is 11.2. The van der Waals surface area contributed by atoms with Gasteiger partial charge in [0.2, 0.25) is 0 Å². The van der Waals surface area contributed by atoms with Gasteiger partial charge in [-0.2, -0.15) is 0 Å². The second-order valence-corrected chi connectivity index (χ2v) is 10.6. The molecule has 5 aromatic carbocycles. The zero-order valence-corrected chi connectivity index (χ0v) is 23.7. The quantitative estimate of drug-likeness (QED) is 0.195. The summed E-state index contributed by atoms with van der Waals surface area (Å²) in [4.78, 5) is 24.6. The van der Waals surface area contributed by atoms with Crippen LogP contribution in [0.4, 0.5) is 0 Å². The number of hydrogen-bond donors (Lipinski definition) is 0. The lowest BCUT2D eigenvalue weighted by Crippen LogP contribution is -2.02. The van der Waals surface area contributed by atoms with Gasteiger partial charge in [-0.3, -0.25) is 4.98 Å². The lowest BCUT2D eigenvalue weighted by atomic mass is 10.0. The number of rotatable bonds is 5. The van der Waals surface area contributed by atoms with Crippen molar-refractivity contribution < 1.29 is 0 Å². The summed E-state index contributed by atoms with van der Waals surface area (Å²) in [5.74, 6) is 1.71. The molecule has 3 heterocycles. The third-order valence-electron chi connectivity index (χ3n) is 7.80. The predicted octanol–water partition coefficient (Wildman–Crippen LogP) is 9.30. The van der Waals surface area contributed by atoms with Crippen LogP contribution in [0.1, 0.15) is 0 Å². The van der Waals surface area contributed by atoms with Crippen molar-refractivity contribution in [1.29, 1.82) is 0 Å². The molecule has 0 radical (unpaired) electrons. The molecule has 0 atom stereocenters. The van der Waals surface area contributed by atoms with E-state index < -0.39 is 0 Å². The highest BCUT2D eigenvalue weighted by atomic mass is 15.0. The van der Waals surface area contributed by atoms with Crippen LogP contribution in [0.3, 0.4) is 0 Å². The fourth-order valence-corrected chi connectivity index (χ4v) is 5.65. The zero-order valence-electron chi connectivity index (χ0n) is 23.7. The zero-order chi connectivity index (χ0) is 29.3. The Hall–Kier alpha value is -6.07. The number of pyridine rings is 2. The van der Waals surface area contributed by atoms with Gasteiger partial charge in [0.25, 0.3) is 0 Å². The first-order valence-corrected chi connectivity index (χ1v) is 14.5. The highest BCUT2D eigenvalue weighted by Crippen LogP contribution is 2.34. The predicted molar refractivity (Wildman–Crippen MR) is 178 cm³/mol. The highest BCUT2D eigenvalue weighted by molar-refractivity contribution is 6.10. The van der Waals surface area contributed by atoms with E-state index in [0.717, 1.165) is 60.8 Å². The molecule has 0 spiro atoms. The van der Waals surface area contributed by atoms with E-state index in [9.17, 15) is 0 Å². The van der Waals surface area contributed by atoms with Gasteiger partial charge < -0.3 is 0 Å². The van der Waals surface area contributed by atoms with Gasteiger partial charge in [0.05, 0.1) is 5.52 Å². The van der Waals surface area contributed by atoms with Crippen molar-refractivity contribution in [1.82, 2.24) is 24.9 Å². The highest BCUT2D eigenvalue weighted by Gasteiger charge is 2.17. The van der Waals surface area contributed by atoms with E-state index in [1.807, 2.05) is 79.0 Å². The molecule has 0 N–H and O–H groups in total. The first-order chi connectivity index (χ1) is 21.8. The van der Waals surface area contributed by atoms with Crippen molar-refractivity contribution >= 4 is 21.7 Å². The summed E-state index contributed by atoms with van der Waals surface area (Å²) in [5, 5.41) is 3.21. The van der Waals surface area contributed by atoms with Gasteiger partial charge in [-0.1, -0.05) is 115 Å². The minimum atomic E-state index is 0.531. The van der Waals surface area contributed by atoms with E-state index in [1.165, 1.54) is 0 Å². The van der Waals surface area contributed by atoms with E-state index in [4.69, 9.17) is 19.9 Å². The minimum Gasteiger partial charge on any atom is -0.264 e. The standard InChI is InChI=1S/C39H25N5/c1-2-11-26(12-3-1)27-13-8-15-29(23-27)37-42-38(30-16-9-14-28(24-30)31-17-10-22-40-25-31)44-39(43-37)36-34-20-5-4-18-32(34)33-19-6-7-21-35(33)41-36/h1-25H. The Morgan fingerprint density at radius 1 is 0.341 bits per heavy atom. The van der Waals surface area contributed by atoms with Crippen molar-refractivity contribution in [2.24, 2.45) is 0 Å². The van der Waals surface area contributed by atoms with Gasteiger partial charge in [0, 0.05) is 39.9 Å². The van der Waals surface area contributed by atoms with Gasteiger partial charge in [-0.25, -0.2) is 19.9 Å². The van der Waals surface area contributed by atoms with Crippen molar-refractivity contribution in [2.45, 2.75) is 0 Å². The third kappa shape index (κ3) is 4.76. The fraction of sp³-hybridized carbons (Fsp3) is 0. The maximum atomic E-state index is 5.11. The van der Waals surface area contributed by atoms with E-state index in [1.54, 1.807) is 6.20 Å². The molecule has 3 aromatic heterocycles. The van der Waals surface area contributed by atoms with Crippen LogP contribution in [0.2, 0.25) is 0 Å². The molecule has 0 amide bonds. The molecular weight excluding hydrogens is 538 g/mol. The Bertz CT molecular complexity index is 2180. The molecule has 8 aromatic rings. The second kappa shape index (κ2) is 11.0. The maximum Gasteiger partial charge on any atom is 0.183 e.